The number of aryl methyl sites for hydroxylation is 2. The average molecular weight is 346 g/mol. The van der Waals surface area contributed by atoms with Crippen LogP contribution in [0.15, 0.2) is 10.9 Å². The molecular weight excluding hydrogens is 320 g/mol. The van der Waals surface area contributed by atoms with Crippen LogP contribution in [0.4, 0.5) is 0 Å². The number of rotatable bonds is 4. The minimum atomic E-state index is -0.727. The molecule has 0 radical (unpaired) electrons. The summed E-state index contributed by atoms with van der Waals surface area (Å²) in [5, 5.41) is 0. The fraction of sp³-hybridized carbons (Fsp3) is 0.632. The van der Waals surface area contributed by atoms with E-state index in [1.54, 1.807) is 18.0 Å². The SMILES string of the molecule is C[C@H]1CCCC[C@@H]1N(C)C(=O)COC(=O)c1cc2c([nH]c1=O)CCC2. The fourth-order valence-corrected chi connectivity index (χ4v) is 4.03. The van der Waals surface area contributed by atoms with Crippen LogP contribution in [-0.2, 0) is 22.4 Å². The lowest BCUT2D eigenvalue weighted by molar-refractivity contribution is -0.136. The lowest BCUT2D eigenvalue weighted by atomic mass is 9.85. The Balaban J connectivity index is 1.60. The lowest BCUT2D eigenvalue weighted by Gasteiger charge is -2.36. The number of pyridine rings is 1. The Morgan fingerprint density at radius 1 is 1.24 bits per heavy atom. The number of carbonyl (C=O) groups is 2. The average Bonchev–Trinajstić information content (AvgIpc) is 3.05. The van der Waals surface area contributed by atoms with E-state index in [0.29, 0.717) is 5.92 Å². The second-order valence-electron chi connectivity index (χ2n) is 7.28. The molecule has 0 unspecified atom stereocenters. The number of esters is 1. The Labute approximate surface area is 147 Å². The topological polar surface area (TPSA) is 79.5 Å². The Bertz CT molecular complexity index is 725. The first-order chi connectivity index (χ1) is 12.0. The molecule has 3 rings (SSSR count). The maximum absolute atomic E-state index is 12.4. The van der Waals surface area contributed by atoms with Gasteiger partial charge in [-0.3, -0.25) is 9.59 Å². The molecule has 6 nitrogen and oxygen atoms in total. The van der Waals surface area contributed by atoms with Crippen molar-refractivity contribution in [1.82, 2.24) is 9.88 Å². The van der Waals surface area contributed by atoms with Gasteiger partial charge in [-0.25, -0.2) is 4.79 Å². The summed E-state index contributed by atoms with van der Waals surface area (Å²) < 4.78 is 5.13. The van der Waals surface area contributed by atoms with Gasteiger partial charge in [0.1, 0.15) is 5.56 Å². The fourth-order valence-electron chi connectivity index (χ4n) is 4.03. The largest absolute Gasteiger partial charge is 0.452 e. The van der Waals surface area contributed by atoms with E-state index in [4.69, 9.17) is 4.74 Å². The molecular formula is C19H26N2O4. The van der Waals surface area contributed by atoms with Crippen LogP contribution >= 0.6 is 0 Å². The van der Waals surface area contributed by atoms with Crippen LogP contribution in [-0.4, -0.2) is 41.5 Å². The number of aromatic amines is 1. The highest BCUT2D eigenvalue weighted by molar-refractivity contribution is 5.91. The van der Waals surface area contributed by atoms with E-state index in [9.17, 15) is 14.4 Å². The second-order valence-corrected chi connectivity index (χ2v) is 7.28. The van der Waals surface area contributed by atoms with Gasteiger partial charge in [0.25, 0.3) is 11.5 Å². The van der Waals surface area contributed by atoms with Crippen LogP contribution in [0, 0.1) is 5.92 Å². The molecule has 0 bridgehead atoms. The van der Waals surface area contributed by atoms with E-state index >= 15 is 0 Å². The van der Waals surface area contributed by atoms with Crippen LogP contribution in [0.1, 0.15) is 60.6 Å². The van der Waals surface area contributed by atoms with Crippen molar-refractivity contribution in [2.75, 3.05) is 13.7 Å². The normalized spacial score (nSPS) is 22.3. The summed E-state index contributed by atoms with van der Waals surface area (Å²) >= 11 is 0. The molecule has 1 aromatic rings. The Kier molecular flexibility index (Phi) is 5.25. The summed E-state index contributed by atoms with van der Waals surface area (Å²) in [5.74, 6) is -0.489. The van der Waals surface area contributed by atoms with E-state index in [1.165, 1.54) is 6.42 Å². The minimum absolute atomic E-state index is 0.0119. The smallest absolute Gasteiger partial charge is 0.344 e. The molecule has 0 aliphatic heterocycles. The molecule has 2 aliphatic rings. The molecule has 2 aliphatic carbocycles. The number of nitrogens with zero attached hydrogens (tertiary/aromatic N) is 1. The molecule has 0 aromatic carbocycles. The number of ether oxygens (including phenoxy) is 1. The predicted molar refractivity (Wildman–Crippen MR) is 93.6 cm³/mol. The maximum Gasteiger partial charge on any atom is 0.344 e. The van der Waals surface area contributed by atoms with Crippen molar-refractivity contribution in [3.63, 3.8) is 0 Å². The predicted octanol–water partition coefficient (Wildman–Crippen LogP) is 2.06. The quantitative estimate of drug-likeness (QED) is 0.846. The number of hydrogen-bond acceptors (Lipinski definition) is 4. The van der Waals surface area contributed by atoms with E-state index in [-0.39, 0.29) is 24.1 Å². The van der Waals surface area contributed by atoms with E-state index in [1.807, 2.05) is 0 Å². The zero-order chi connectivity index (χ0) is 18.0. The number of likely N-dealkylation sites (N-methyl/N-ethyl adjacent to an activating group) is 1. The first kappa shape index (κ1) is 17.7. The van der Waals surface area contributed by atoms with Crippen molar-refractivity contribution in [3.05, 3.63) is 33.2 Å². The summed E-state index contributed by atoms with van der Waals surface area (Å²) in [6.45, 7) is 1.83. The molecule has 6 heteroatoms. The zero-order valence-electron chi connectivity index (χ0n) is 15.0. The molecule has 1 saturated carbocycles. The summed E-state index contributed by atoms with van der Waals surface area (Å²) in [5.41, 5.74) is 1.45. The van der Waals surface area contributed by atoms with Crippen LogP contribution in [0.2, 0.25) is 0 Å². The van der Waals surface area contributed by atoms with E-state index < -0.39 is 11.5 Å². The molecule has 0 saturated heterocycles. The molecule has 0 spiro atoms. The number of fused-ring (bicyclic) bond motifs is 1. The highest BCUT2D eigenvalue weighted by Gasteiger charge is 2.28. The van der Waals surface area contributed by atoms with Gasteiger partial charge < -0.3 is 14.6 Å². The molecule has 1 N–H and O–H groups in total. The first-order valence-electron chi connectivity index (χ1n) is 9.15. The van der Waals surface area contributed by atoms with Crippen LogP contribution in [0.3, 0.4) is 0 Å². The highest BCUT2D eigenvalue weighted by Crippen LogP contribution is 2.27. The third kappa shape index (κ3) is 3.78. The maximum atomic E-state index is 12.4. The second kappa shape index (κ2) is 7.42. The molecule has 136 valence electrons. The number of amides is 1. The molecule has 1 fully saturated rings. The van der Waals surface area contributed by atoms with Crippen LogP contribution in [0.5, 0.6) is 0 Å². The number of nitrogens with one attached hydrogen (secondary N) is 1. The molecule has 25 heavy (non-hydrogen) atoms. The van der Waals surface area contributed by atoms with Crippen molar-refractivity contribution < 1.29 is 14.3 Å². The van der Waals surface area contributed by atoms with E-state index in [2.05, 4.69) is 11.9 Å². The first-order valence-corrected chi connectivity index (χ1v) is 9.15. The van der Waals surface area contributed by atoms with Gasteiger partial charge in [-0.2, -0.15) is 0 Å². The Hall–Kier alpha value is -2.11. The number of H-pyrrole nitrogens is 1. The van der Waals surface area contributed by atoms with Gasteiger partial charge in [-0.05, 0) is 49.7 Å². The molecule has 2 atom stereocenters. The summed E-state index contributed by atoms with van der Waals surface area (Å²) in [6.07, 6.45) is 7.10. The summed E-state index contributed by atoms with van der Waals surface area (Å²) in [7, 11) is 1.77. The monoisotopic (exact) mass is 346 g/mol. The third-order valence-electron chi connectivity index (χ3n) is 5.59. The van der Waals surface area contributed by atoms with Gasteiger partial charge >= 0.3 is 5.97 Å². The Morgan fingerprint density at radius 3 is 2.76 bits per heavy atom. The van der Waals surface area contributed by atoms with Crippen molar-refractivity contribution in [2.45, 2.75) is 57.9 Å². The van der Waals surface area contributed by atoms with Crippen molar-refractivity contribution in [1.29, 1.82) is 0 Å². The van der Waals surface area contributed by atoms with Gasteiger partial charge in [-0.1, -0.05) is 19.8 Å². The van der Waals surface area contributed by atoms with Crippen molar-refractivity contribution in [3.8, 4) is 0 Å². The summed E-state index contributed by atoms with van der Waals surface area (Å²) in [4.78, 5) is 41.1. The van der Waals surface area contributed by atoms with Gasteiger partial charge in [0, 0.05) is 18.8 Å². The highest BCUT2D eigenvalue weighted by atomic mass is 16.5. The lowest BCUT2D eigenvalue weighted by Crippen LogP contribution is -2.44. The van der Waals surface area contributed by atoms with Gasteiger partial charge in [-0.15, -0.1) is 0 Å². The number of hydrogen-bond donors (Lipinski definition) is 1. The standard InChI is InChI=1S/C19H26N2O4/c1-12-6-3-4-9-16(12)21(2)17(22)11-25-19(24)14-10-13-7-5-8-15(13)20-18(14)23/h10,12,16H,3-9,11H2,1-2H3,(H,20,23)/t12-,16-/m0/s1. The number of aromatic nitrogens is 1. The molecule has 1 amide bonds. The van der Waals surface area contributed by atoms with Crippen LogP contribution in [0.25, 0.3) is 0 Å². The van der Waals surface area contributed by atoms with E-state index in [0.717, 1.165) is 49.8 Å². The van der Waals surface area contributed by atoms with Gasteiger partial charge in [0.2, 0.25) is 0 Å². The number of carbonyl (C=O) groups excluding carboxylic acids is 2. The molecule has 1 aromatic heterocycles. The minimum Gasteiger partial charge on any atom is -0.452 e. The zero-order valence-corrected chi connectivity index (χ0v) is 15.0. The molecule has 1 heterocycles. The van der Waals surface area contributed by atoms with Gasteiger partial charge in [0.05, 0.1) is 0 Å². The van der Waals surface area contributed by atoms with Crippen molar-refractivity contribution >= 4 is 11.9 Å². The Morgan fingerprint density at radius 2 is 2.00 bits per heavy atom. The third-order valence-corrected chi connectivity index (χ3v) is 5.59. The van der Waals surface area contributed by atoms with Crippen molar-refractivity contribution in [2.24, 2.45) is 5.92 Å². The van der Waals surface area contributed by atoms with Crippen LogP contribution < -0.4 is 5.56 Å². The summed E-state index contributed by atoms with van der Waals surface area (Å²) in [6, 6.07) is 1.81. The van der Waals surface area contributed by atoms with Gasteiger partial charge in [0.15, 0.2) is 6.61 Å².